The van der Waals surface area contributed by atoms with E-state index in [1.807, 2.05) is 13.8 Å². The second-order valence-corrected chi connectivity index (χ2v) is 6.58. The fourth-order valence-electron chi connectivity index (χ4n) is 2.22. The minimum Gasteiger partial charge on any atom is -0.484 e. The predicted molar refractivity (Wildman–Crippen MR) is 103 cm³/mol. The SMILES string of the molecule is CC(C)NC(=O)CNC(=O)COc1ccc(C(=O)c2ccc(Cl)cc2)cc1. The second kappa shape index (κ2) is 9.73. The van der Waals surface area contributed by atoms with Crippen molar-refractivity contribution >= 4 is 29.2 Å². The van der Waals surface area contributed by atoms with Crippen LogP contribution in [0, 0.1) is 0 Å². The van der Waals surface area contributed by atoms with E-state index >= 15 is 0 Å². The Labute approximate surface area is 162 Å². The summed E-state index contributed by atoms with van der Waals surface area (Å²) in [6.45, 7) is 3.35. The number of benzene rings is 2. The van der Waals surface area contributed by atoms with Gasteiger partial charge < -0.3 is 15.4 Å². The number of carbonyl (C=O) groups excluding carboxylic acids is 3. The first-order valence-electron chi connectivity index (χ1n) is 8.44. The molecule has 6 nitrogen and oxygen atoms in total. The molecule has 0 heterocycles. The van der Waals surface area contributed by atoms with Crippen molar-refractivity contribution in [3.63, 3.8) is 0 Å². The van der Waals surface area contributed by atoms with Gasteiger partial charge in [-0.1, -0.05) is 11.6 Å². The normalized spacial score (nSPS) is 10.4. The largest absolute Gasteiger partial charge is 0.484 e. The van der Waals surface area contributed by atoms with Crippen LogP contribution in [0.15, 0.2) is 48.5 Å². The van der Waals surface area contributed by atoms with Crippen molar-refractivity contribution in [3.8, 4) is 5.75 Å². The number of hydrogen-bond acceptors (Lipinski definition) is 4. The Morgan fingerprint density at radius 2 is 1.48 bits per heavy atom. The highest BCUT2D eigenvalue weighted by atomic mass is 35.5. The average molecular weight is 389 g/mol. The summed E-state index contributed by atoms with van der Waals surface area (Å²) in [6, 6.07) is 13.1. The Morgan fingerprint density at radius 3 is 2.04 bits per heavy atom. The maximum atomic E-state index is 12.4. The van der Waals surface area contributed by atoms with Gasteiger partial charge in [0, 0.05) is 22.2 Å². The third-order valence-corrected chi connectivity index (χ3v) is 3.74. The maximum absolute atomic E-state index is 12.4. The van der Waals surface area contributed by atoms with Crippen LogP contribution in [-0.2, 0) is 9.59 Å². The van der Waals surface area contributed by atoms with Gasteiger partial charge in [0.25, 0.3) is 5.91 Å². The van der Waals surface area contributed by atoms with Crippen molar-refractivity contribution < 1.29 is 19.1 Å². The van der Waals surface area contributed by atoms with Crippen molar-refractivity contribution in [2.75, 3.05) is 13.2 Å². The van der Waals surface area contributed by atoms with Crippen molar-refractivity contribution in [1.82, 2.24) is 10.6 Å². The zero-order valence-electron chi connectivity index (χ0n) is 15.1. The summed E-state index contributed by atoms with van der Waals surface area (Å²) in [5.41, 5.74) is 1.03. The van der Waals surface area contributed by atoms with Crippen molar-refractivity contribution in [2.45, 2.75) is 19.9 Å². The lowest BCUT2D eigenvalue weighted by atomic mass is 10.0. The van der Waals surface area contributed by atoms with E-state index in [9.17, 15) is 14.4 Å². The number of ether oxygens (including phenoxy) is 1. The first-order chi connectivity index (χ1) is 12.8. The molecule has 0 aliphatic carbocycles. The summed E-state index contributed by atoms with van der Waals surface area (Å²) in [5.74, 6) is -0.352. The van der Waals surface area contributed by atoms with Gasteiger partial charge in [-0.25, -0.2) is 0 Å². The van der Waals surface area contributed by atoms with Crippen LogP contribution < -0.4 is 15.4 Å². The monoisotopic (exact) mass is 388 g/mol. The number of amides is 2. The summed E-state index contributed by atoms with van der Waals surface area (Å²) in [5, 5.41) is 5.71. The van der Waals surface area contributed by atoms with Crippen molar-refractivity contribution in [2.24, 2.45) is 0 Å². The fraction of sp³-hybridized carbons (Fsp3) is 0.250. The lowest BCUT2D eigenvalue weighted by Crippen LogP contribution is -2.41. The van der Waals surface area contributed by atoms with Crippen LogP contribution >= 0.6 is 11.6 Å². The molecule has 2 aromatic rings. The molecule has 0 fully saturated rings. The summed E-state index contributed by atoms with van der Waals surface area (Å²) >= 11 is 5.82. The minimum absolute atomic E-state index is 0.0137. The quantitative estimate of drug-likeness (QED) is 0.681. The molecule has 0 saturated carbocycles. The smallest absolute Gasteiger partial charge is 0.258 e. The third-order valence-electron chi connectivity index (χ3n) is 3.49. The molecule has 0 radical (unpaired) electrons. The van der Waals surface area contributed by atoms with Crippen molar-refractivity contribution in [3.05, 3.63) is 64.7 Å². The molecule has 0 bridgehead atoms. The molecule has 0 aromatic heterocycles. The Morgan fingerprint density at radius 1 is 0.926 bits per heavy atom. The van der Waals surface area contributed by atoms with Gasteiger partial charge in [0.1, 0.15) is 5.75 Å². The number of ketones is 1. The molecule has 0 aliphatic heterocycles. The van der Waals surface area contributed by atoms with Gasteiger partial charge >= 0.3 is 0 Å². The van der Waals surface area contributed by atoms with Gasteiger partial charge in [0.2, 0.25) is 5.91 Å². The van der Waals surface area contributed by atoms with Crippen LogP contribution in [0.3, 0.4) is 0 Å². The fourth-order valence-corrected chi connectivity index (χ4v) is 2.35. The van der Waals surface area contributed by atoms with E-state index in [0.29, 0.717) is 21.9 Å². The van der Waals surface area contributed by atoms with Gasteiger partial charge in [-0.05, 0) is 62.4 Å². The highest BCUT2D eigenvalue weighted by Crippen LogP contribution is 2.17. The Balaban J connectivity index is 1.83. The molecule has 2 amide bonds. The van der Waals surface area contributed by atoms with E-state index in [1.165, 1.54) is 0 Å². The predicted octanol–water partition coefficient (Wildman–Crippen LogP) is 2.59. The molecule has 0 spiro atoms. The van der Waals surface area contributed by atoms with Crippen molar-refractivity contribution in [1.29, 1.82) is 0 Å². The summed E-state index contributed by atoms with van der Waals surface area (Å²) in [6.07, 6.45) is 0. The molecule has 2 aromatic carbocycles. The molecule has 0 unspecified atom stereocenters. The number of rotatable bonds is 8. The lowest BCUT2D eigenvalue weighted by Gasteiger charge is -2.10. The second-order valence-electron chi connectivity index (χ2n) is 6.15. The molecular formula is C20H21ClN2O4. The molecule has 0 saturated heterocycles. The van der Waals surface area contributed by atoms with Gasteiger partial charge in [-0.3, -0.25) is 14.4 Å². The summed E-state index contributed by atoms with van der Waals surface area (Å²) < 4.78 is 5.36. The molecule has 2 rings (SSSR count). The lowest BCUT2D eigenvalue weighted by molar-refractivity contribution is -0.127. The van der Waals surface area contributed by atoms with Crippen LogP contribution in [-0.4, -0.2) is 36.8 Å². The van der Waals surface area contributed by atoms with Gasteiger partial charge in [0.05, 0.1) is 6.54 Å². The average Bonchev–Trinajstić information content (AvgIpc) is 2.64. The zero-order chi connectivity index (χ0) is 19.8. The Hall–Kier alpha value is -2.86. The topological polar surface area (TPSA) is 84.5 Å². The number of nitrogens with one attached hydrogen (secondary N) is 2. The van der Waals surface area contributed by atoms with E-state index in [0.717, 1.165) is 0 Å². The van der Waals surface area contributed by atoms with E-state index in [1.54, 1.807) is 48.5 Å². The van der Waals surface area contributed by atoms with Gasteiger partial charge in [0.15, 0.2) is 12.4 Å². The molecule has 0 aliphatic rings. The highest BCUT2D eigenvalue weighted by molar-refractivity contribution is 6.30. The third kappa shape index (κ3) is 6.75. The number of halogens is 1. The summed E-state index contributed by atoms with van der Waals surface area (Å²) in [4.78, 5) is 35.6. The molecule has 7 heteroatoms. The van der Waals surface area contributed by atoms with Crippen LogP contribution in [0.1, 0.15) is 29.8 Å². The molecule has 0 atom stereocenters. The van der Waals surface area contributed by atoms with Crippen LogP contribution in [0.2, 0.25) is 5.02 Å². The first kappa shape index (κ1) is 20.5. The molecular weight excluding hydrogens is 368 g/mol. The standard InChI is InChI=1S/C20H21ClN2O4/c1-13(2)23-18(24)11-22-19(25)12-27-17-9-5-15(6-10-17)20(26)14-3-7-16(21)8-4-14/h3-10,13H,11-12H2,1-2H3,(H,22,25)(H,23,24). The maximum Gasteiger partial charge on any atom is 0.258 e. The first-order valence-corrected chi connectivity index (χ1v) is 8.82. The highest BCUT2D eigenvalue weighted by Gasteiger charge is 2.10. The molecule has 142 valence electrons. The van der Waals surface area contributed by atoms with E-state index < -0.39 is 5.91 Å². The van der Waals surface area contributed by atoms with E-state index in [4.69, 9.17) is 16.3 Å². The van der Waals surface area contributed by atoms with Gasteiger partial charge in [-0.15, -0.1) is 0 Å². The minimum atomic E-state index is -0.407. The van der Waals surface area contributed by atoms with E-state index in [2.05, 4.69) is 10.6 Å². The van der Waals surface area contributed by atoms with Crippen LogP contribution in [0.5, 0.6) is 5.75 Å². The number of hydrogen-bond donors (Lipinski definition) is 2. The van der Waals surface area contributed by atoms with E-state index in [-0.39, 0.29) is 30.9 Å². The Bertz CT molecular complexity index is 802. The number of carbonyl (C=O) groups is 3. The summed E-state index contributed by atoms with van der Waals surface area (Å²) in [7, 11) is 0. The zero-order valence-corrected chi connectivity index (χ0v) is 15.9. The molecule has 27 heavy (non-hydrogen) atoms. The van der Waals surface area contributed by atoms with Crippen LogP contribution in [0.4, 0.5) is 0 Å². The molecule has 2 N–H and O–H groups in total. The van der Waals surface area contributed by atoms with Gasteiger partial charge in [-0.2, -0.15) is 0 Å². The van der Waals surface area contributed by atoms with Crippen LogP contribution in [0.25, 0.3) is 0 Å². The Kier molecular flexibility index (Phi) is 7.37.